The molecule has 3 rings (SSSR count). The molecule has 2 fully saturated rings. The van der Waals surface area contributed by atoms with Crippen LogP contribution in [0.5, 0.6) is 0 Å². The van der Waals surface area contributed by atoms with Gasteiger partial charge in [0.1, 0.15) is 0 Å². The van der Waals surface area contributed by atoms with Gasteiger partial charge in [0.2, 0.25) is 5.91 Å². The number of carbonyl (C=O) groups excluding carboxylic acids is 1. The Morgan fingerprint density at radius 1 is 1.42 bits per heavy atom. The van der Waals surface area contributed by atoms with E-state index < -0.39 is 0 Å². The summed E-state index contributed by atoms with van der Waals surface area (Å²) in [7, 11) is 2.15. The van der Waals surface area contributed by atoms with E-state index in [9.17, 15) is 4.79 Å². The fourth-order valence-corrected chi connectivity index (χ4v) is 4.04. The third-order valence-electron chi connectivity index (χ3n) is 5.37. The number of likely N-dealkylation sites (tertiary alicyclic amines) is 1. The second kappa shape index (κ2) is 8.08. The largest absolute Gasteiger partial charge is 0.375 e. The molecule has 24 heavy (non-hydrogen) atoms. The number of amides is 1. The predicted molar refractivity (Wildman–Crippen MR) is 93.5 cm³/mol. The highest BCUT2D eigenvalue weighted by Gasteiger charge is 2.33. The molecule has 0 saturated carbocycles. The highest BCUT2D eigenvalue weighted by Crippen LogP contribution is 2.35. The Labute approximate surface area is 144 Å². The average Bonchev–Trinajstić information content (AvgIpc) is 3.17. The van der Waals surface area contributed by atoms with Crippen LogP contribution in [0.25, 0.3) is 0 Å². The van der Waals surface area contributed by atoms with Gasteiger partial charge in [0, 0.05) is 31.4 Å². The first-order valence-corrected chi connectivity index (χ1v) is 9.16. The van der Waals surface area contributed by atoms with E-state index in [0.29, 0.717) is 24.5 Å². The highest BCUT2D eigenvalue weighted by atomic mass is 16.5. The molecule has 0 unspecified atom stereocenters. The maximum absolute atomic E-state index is 12.2. The van der Waals surface area contributed by atoms with E-state index in [1.54, 1.807) is 6.20 Å². The van der Waals surface area contributed by atoms with Crippen molar-refractivity contribution in [3.8, 4) is 0 Å². The number of carbonyl (C=O) groups is 1. The van der Waals surface area contributed by atoms with Gasteiger partial charge in [0.25, 0.3) is 0 Å². The van der Waals surface area contributed by atoms with Gasteiger partial charge in [-0.2, -0.15) is 0 Å². The number of nitrogens with zero attached hydrogens (tertiary/aromatic N) is 2. The molecule has 2 aliphatic heterocycles. The van der Waals surface area contributed by atoms with Gasteiger partial charge < -0.3 is 10.1 Å². The van der Waals surface area contributed by atoms with Gasteiger partial charge in [-0.3, -0.25) is 14.7 Å². The molecule has 5 heteroatoms. The Morgan fingerprint density at radius 3 is 3.00 bits per heavy atom. The Hall–Kier alpha value is -1.46. The molecule has 2 aliphatic rings. The predicted octanol–water partition coefficient (Wildman–Crippen LogP) is 2.54. The Morgan fingerprint density at radius 2 is 2.29 bits per heavy atom. The molecule has 0 radical (unpaired) electrons. The number of rotatable bonds is 6. The van der Waals surface area contributed by atoms with Crippen molar-refractivity contribution in [2.24, 2.45) is 5.92 Å². The van der Waals surface area contributed by atoms with Gasteiger partial charge in [0.05, 0.1) is 12.2 Å². The van der Waals surface area contributed by atoms with Crippen LogP contribution in [0.3, 0.4) is 0 Å². The Bertz CT molecular complexity index is 537. The summed E-state index contributed by atoms with van der Waals surface area (Å²) in [5.74, 6) is 0.601. The van der Waals surface area contributed by atoms with Gasteiger partial charge in [0.15, 0.2) is 0 Å². The normalized spacial score (nSPS) is 30.6. The second-order valence-corrected chi connectivity index (χ2v) is 7.25. The summed E-state index contributed by atoms with van der Waals surface area (Å²) < 4.78 is 5.78. The minimum absolute atomic E-state index is 0.151. The van der Waals surface area contributed by atoms with Crippen molar-refractivity contribution in [3.05, 3.63) is 30.1 Å². The lowest BCUT2D eigenvalue weighted by Crippen LogP contribution is -2.32. The smallest absolute Gasteiger partial charge is 0.220 e. The van der Waals surface area contributed by atoms with Crippen LogP contribution in [0.1, 0.15) is 50.6 Å². The number of ether oxygens (including phenoxy) is 1. The summed E-state index contributed by atoms with van der Waals surface area (Å²) in [6.07, 6.45) is 9.10. The molecule has 2 saturated heterocycles. The summed E-state index contributed by atoms with van der Waals surface area (Å²) >= 11 is 0. The van der Waals surface area contributed by atoms with E-state index in [4.69, 9.17) is 4.74 Å². The molecular formula is C19H29N3O2. The van der Waals surface area contributed by atoms with Crippen molar-refractivity contribution >= 4 is 5.91 Å². The van der Waals surface area contributed by atoms with Crippen molar-refractivity contribution in [2.75, 3.05) is 20.1 Å². The third kappa shape index (κ3) is 4.33. The first-order chi connectivity index (χ1) is 11.6. The maximum atomic E-state index is 12.2. The molecule has 0 aliphatic carbocycles. The zero-order valence-corrected chi connectivity index (χ0v) is 14.8. The summed E-state index contributed by atoms with van der Waals surface area (Å²) in [4.78, 5) is 18.8. The van der Waals surface area contributed by atoms with Crippen LogP contribution >= 0.6 is 0 Å². The van der Waals surface area contributed by atoms with Gasteiger partial charge in [-0.05, 0) is 63.7 Å². The molecule has 1 aromatic rings. The summed E-state index contributed by atoms with van der Waals surface area (Å²) in [5.41, 5.74) is 1.24. The summed E-state index contributed by atoms with van der Waals surface area (Å²) in [5, 5.41) is 3.14. The quantitative estimate of drug-likeness (QED) is 0.870. The van der Waals surface area contributed by atoms with Crippen molar-refractivity contribution in [3.63, 3.8) is 0 Å². The number of hydrogen-bond donors (Lipinski definition) is 1. The van der Waals surface area contributed by atoms with E-state index in [0.717, 1.165) is 38.8 Å². The monoisotopic (exact) mass is 331 g/mol. The molecule has 1 aromatic heterocycles. The van der Waals surface area contributed by atoms with E-state index in [1.807, 2.05) is 12.3 Å². The maximum Gasteiger partial charge on any atom is 0.220 e. The van der Waals surface area contributed by atoms with Crippen LogP contribution in [0.15, 0.2) is 24.5 Å². The van der Waals surface area contributed by atoms with Crippen LogP contribution in [-0.2, 0) is 9.53 Å². The lowest BCUT2D eigenvalue weighted by atomic mass is 9.94. The van der Waals surface area contributed by atoms with Crippen molar-refractivity contribution in [2.45, 2.75) is 57.3 Å². The molecule has 3 heterocycles. The summed E-state index contributed by atoms with van der Waals surface area (Å²) in [6.45, 7) is 3.91. The second-order valence-electron chi connectivity index (χ2n) is 7.25. The molecule has 1 N–H and O–H groups in total. The topological polar surface area (TPSA) is 54.5 Å². The number of pyridine rings is 1. The van der Waals surface area contributed by atoms with Gasteiger partial charge >= 0.3 is 0 Å². The third-order valence-corrected chi connectivity index (χ3v) is 5.37. The van der Waals surface area contributed by atoms with E-state index in [2.05, 4.69) is 35.2 Å². The van der Waals surface area contributed by atoms with Crippen molar-refractivity contribution in [1.29, 1.82) is 0 Å². The fraction of sp³-hybridized carbons (Fsp3) is 0.684. The highest BCUT2D eigenvalue weighted by molar-refractivity contribution is 5.75. The first-order valence-electron chi connectivity index (χ1n) is 9.16. The first kappa shape index (κ1) is 17.4. The van der Waals surface area contributed by atoms with Crippen LogP contribution in [0.4, 0.5) is 0 Å². The minimum atomic E-state index is 0.151. The van der Waals surface area contributed by atoms with Crippen LogP contribution in [0, 0.1) is 5.92 Å². The van der Waals surface area contributed by atoms with Gasteiger partial charge in [-0.1, -0.05) is 6.07 Å². The standard InChI is InChI=1S/C19H29N3O2/c1-14-5-6-17(24-14)7-8-18(23)21-13-16-9-11-22(2)19(16)15-4-3-10-20-12-15/h3-4,10,12,14,16-17,19H,5-9,11,13H2,1-2H3,(H,21,23)/t14-,16+,17-,19+/m1/s1. The van der Waals surface area contributed by atoms with Gasteiger partial charge in [-0.25, -0.2) is 0 Å². The zero-order valence-electron chi connectivity index (χ0n) is 14.8. The van der Waals surface area contributed by atoms with E-state index in [1.165, 1.54) is 5.56 Å². The van der Waals surface area contributed by atoms with Crippen LogP contribution in [0.2, 0.25) is 0 Å². The molecule has 0 aromatic carbocycles. The molecular weight excluding hydrogens is 302 g/mol. The Kier molecular flexibility index (Phi) is 5.85. The lowest BCUT2D eigenvalue weighted by Gasteiger charge is -2.25. The zero-order chi connectivity index (χ0) is 16.9. The van der Waals surface area contributed by atoms with Crippen molar-refractivity contribution in [1.82, 2.24) is 15.2 Å². The fourth-order valence-electron chi connectivity index (χ4n) is 4.04. The minimum Gasteiger partial charge on any atom is -0.375 e. The van der Waals surface area contributed by atoms with E-state index >= 15 is 0 Å². The number of hydrogen-bond acceptors (Lipinski definition) is 4. The van der Waals surface area contributed by atoms with Crippen LogP contribution in [-0.4, -0.2) is 48.1 Å². The molecule has 1 amide bonds. The Balaban J connectivity index is 1.46. The number of aromatic nitrogens is 1. The van der Waals surface area contributed by atoms with Gasteiger partial charge in [-0.15, -0.1) is 0 Å². The van der Waals surface area contributed by atoms with E-state index in [-0.39, 0.29) is 12.0 Å². The summed E-state index contributed by atoms with van der Waals surface area (Å²) in [6, 6.07) is 4.46. The van der Waals surface area contributed by atoms with Crippen LogP contribution < -0.4 is 5.32 Å². The molecule has 4 atom stereocenters. The molecule has 132 valence electrons. The number of nitrogens with one attached hydrogen (secondary N) is 1. The molecule has 0 bridgehead atoms. The van der Waals surface area contributed by atoms with Crippen molar-refractivity contribution < 1.29 is 9.53 Å². The molecule has 5 nitrogen and oxygen atoms in total. The molecule has 0 spiro atoms. The lowest BCUT2D eigenvalue weighted by molar-refractivity contribution is -0.122. The average molecular weight is 331 g/mol. The SMILES string of the molecule is C[C@@H]1CC[C@H](CCC(=O)NC[C@@H]2CCN(C)[C@H]2c2cccnc2)O1.